The summed E-state index contributed by atoms with van der Waals surface area (Å²) in [5, 5.41) is 10.7. The van der Waals surface area contributed by atoms with Crippen LogP contribution in [-0.4, -0.2) is 24.7 Å². The smallest absolute Gasteiger partial charge is 0.191 e. The molecular formula is C20H29FN4O. The van der Waals surface area contributed by atoms with Crippen LogP contribution in [0, 0.1) is 12.7 Å². The number of aromatic nitrogens is 1. The minimum atomic E-state index is -0.198. The fourth-order valence-electron chi connectivity index (χ4n) is 2.96. The number of hydrogen-bond acceptors (Lipinski definition) is 3. The molecule has 0 bridgehead atoms. The predicted octanol–water partition coefficient (Wildman–Crippen LogP) is 3.93. The highest BCUT2D eigenvalue weighted by Gasteiger charge is 2.13. The molecule has 0 spiro atoms. The normalized spacial score (nSPS) is 11.8. The number of hydrogen-bond donors (Lipinski definition) is 2. The molecule has 142 valence electrons. The summed E-state index contributed by atoms with van der Waals surface area (Å²) >= 11 is 0. The lowest BCUT2D eigenvalue weighted by atomic mass is 9.99. The zero-order valence-corrected chi connectivity index (χ0v) is 16.1. The number of aliphatic imine (C=N–C) groups is 1. The Balaban J connectivity index is 1.81. The van der Waals surface area contributed by atoms with E-state index in [1.165, 1.54) is 6.07 Å². The minimum Gasteiger partial charge on any atom is -0.359 e. The van der Waals surface area contributed by atoms with Crippen molar-refractivity contribution in [3.05, 3.63) is 52.7 Å². The fourth-order valence-corrected chi connectivity index (χ4v) is 2.96. The summed E-state index contributed by atoms with van der Waals surface area (Å²) in [4.78, 5) is 4.22. The van der Waals surface area contributed by atoms with Gasteiger partial charge in [-0.2, -0.15) is 0 Å². The van der Waals surface area contributed by atoms with Crippen molar-refractivity contribution in [1.29, 1.82) is 0 Å². The summed E-state index contributed by atoms with van der Waals surface area (Å²) in [5.41, 5.74) is 3.10. The largest absolute Gasteiger partial charge is 0.359 e. The molecule has 0 amide bonds. The maximum absolute atomic E-state index is 13.2. The van der Waals surface area contributed by atoms with Crippen LogP contribution in [0.15, 0.2) is 33.8 Å². The Kier molecular flexibility index (Phi) is 7.63. The van der Waals surface area contributed by atoms with E-state index in [-0.39, 0.29) is 5.82 Å². The molecule has 0 radical (unpaired) electrons. The monoisotopic (exact) mass is 360 g/mol. The van der Waals surface area contributed by atoms with Gasteiger partial charge in [0.15, 0.2) is 11.7 Å². The number of halogens is 1. The van der Waals surface area contributed by atoms with E-state index in [4.69, 9.17) is 4.52 Å². The van der Waals surface area contributed by atoms with Gasteiger partial charge in [0.25, 0.3) is 0 Å². The molecule has 1 aromatic carbocycles. The molecule has 26 heavy (non-hydrogen) atoms. The van der Waals surface area contributed by atoms with Gasteiger partial charge in [0.05, 0.1) is 12.2 Å². The molecule has 0 aliphatic carbocycles. The molecule has 1 aromatic heterocycles. The highest BCUT2D eigenvalue weighted by Crippen LogP contribution is 2.22. The van der Waals surface area contributed by atoms with Crippen LogP contribution in [0.1, 0.15) is 55.2 Å². The Morgan fingerprint density at radius 2 is 2.00 bits per heavy atom. The summed E-state index contributed by atoms with van der Waals surface area (Å²) in [6.07, 6.45) is 2.91. The molecular weight excluding hydrogens is 331 g/mol. The molecule has 6 heteroatoms. The summed E-state index contributed by atoms with van der Waals surface area (Å²) < 4.78 is 18.6. The average molecular weight is 360 g/mol. The summed E-state index contributed by atoms with van der Waals surface area (Å²) in [6.45, 7) is 7.49. The first-order chi connectivity index (χ1) is 12.6. The average Bonchev–Trinajstić information content (AvgIpc) is 3.09. The van der Waals surface area contributed by atoms with Crippen LogP contribution < -0.4 is 10.6 Å². The van der Waals surface area contributed by atoms with Gasteiger partial charge in [0.2, 0.25) is 0 Å². The van der Waals surface area contributed by atoms with E-state index in [9.17, 15) is 4.39 Å². The molecule has 5 nitrogen and oxygen atoms in total. The van der Waals surface area contributed by atoms with Crippen molar-refractivity contribution in [2.75, 3.05) is 13.6 Å². The molecule has 0 unspecified atom stereocenters. The second kappa shape index (κ2) is 9.94. The molecule has 0 saturated heterocycles. The van der Waals surface area contributed by atoms with E-state index >= 15 is 0 Å². The number of benzene rings is 1. The second-order valence-corrected chi connectivity index (χ2v) is 6.40. The molecule has 0 aliphatic heterocycles. The first-order valence-electron chi connectivity index (χ1n) is 9.22. The van der Waals surface area contributed by atoms with Crippen LogP contribution in [0.5, 0.6) is 0 Å². The predicted molar refractivity (Wildman–Crippen MR) is 103 cm³/mol. The van der Waals surface area contributed by atoms with Crippen LogP contribution in [0.3, 0.4) is 0 Å². The minimum absolute atomic E-state index is 0.198. The molecule has 2 N–H and O–H groups in total. The van der Waals surface area contributed by atoms with Gasteiger partial charge >= 0.3 is 0 Å². The van der Waals surface area contributed by atoms with Crippen molar-refractivity contribution < 1.29 is 8.91 Å². The van der Waals surface area contributed by atoms with Gasteiger partial charge in [-0.1, -0.05) is 25.1 Å². The highest BCUT2D eigenvalue weighted by molar-refractivity contribution is 5.79. The molecule has 1 heterocycles. The zero-order chi connectivity index (χ0) is 18.9. The molecule has 0 atom stereocenters. The number of nitrogens with zero attached hydrogens (tertiary/aromatic N) is 2. The van der Waals surface area contributed by atoms with E-state index in [2.05, 4.69) is 34.6 Å². The van der Waals surface area contributed by atoms with E-state index in [0.717, 1.165) is 41.8 Å². The van der Waals surface area contributed by atoms with Gasteiger partial charge in [0, 0.05) is 25.6 Å². The molecule has 0 fully saturated rings. The van der Waals surface area contributed by atoms with Crippen LogP contribution in [0.25, 0.3) is 0 Å². The van der Waals surface area contributed by atoms with Crippen molar-refractivity contribution in [2.24, 2.45) is 4.99 Å². The Hall–Kier alpha value is -2.37. The van der Waals surface area contributed by atoms with Crippen LogP contribution in [0.4, 0.5) is 4.39 Å². The first kappa shape index (κ1) is 19.9. The van der Waals surface area contributed by atoms with Gasteiger partial charge in [-0.25, -0.2) is 4.39 Å². The summed E-state index contributed by atoms with van der Waals surface area (Å²) in [6, 6.07) is 6.90. The third-order valence-corrected chi connectivity index (χ3v) is 4.63. The first-order valence-corrected chi connectivity index (χ1v) is 9.22. The van der Waals surface area contributed by atoms with E-state index in [0.29, 0.717) is 25.0 Å². The Labute approximate surface area is 155 Å². The van der Waals surface area contributed by atoms with Crippen molar-refractivity contribution in [2.45, 2.75) is 52.5 Å². The van der Waals surface area contributed by atoms with Crippen LogP contribution in [0.2, 0.25) is 0 Å². The lowest BCUT2D eigenvalue weighted by molar-refractivity contribution is 0.368. The maximum Gasteiger partial charge on any atom is 0.191 e. The maximum atomic E-state index is 13.2. The topological polar surface area (TPSA) is 62.5 Å². The number of aryl methyl sites for hydroxylation is 1. The Morgan fingerprint density at radius 3 is 2.65 bits per heavy atom. The lowest BCUT2D eigenvalue weighted by Crippen LogP contribution is -2.37. The van der Waals surface area contributed by atoms with Gasteiger partial charge < -0.3 is 15.2 Å². The van der Waals surface area contributed by atoms with Crippen molar-refractivity contribution >= 4 is 5.96 Å². The lowest BCUT2D eigenvalue weighted by Gasteiger charge is -2.11. The number of guanidine groups is 1. The van der Waals surface area contributed by atoms with E-state index in [1.807, 2.05) is 19.1 Å². The van der Waals surface area contributed by atoms with E-state index in [1.54, 1.807) is 13.1 Å². The quantitative estimate of drug-likeness (QED) is 0.553. The molecule has 0 saturated carbocycles. The molecule has 2 aromatic rings. The third-order valence-electron chi connectivity index (χ3n) is 4.63. The number of nitrogens with one attached hydrogen (secondary N) is 2. The molecule has 2 rings (SSSR count). The van der Waals surface area contributed by atoms with Crippen LogP contribution >= 0.6 is 0 Å². The SMILES string of the molecule is CCC(CC)c1cc(CNC(=NC)NCCc2ccc(F)cc2C)on1. The summed E-state index contributed by atoms with van der Waals surface area (Å²) in [7, 11) is 1.73. The third kappa shape index (κ3) is 5.58. The highest BCUT2D eigenvalue weighted by atomic mass is 19.1. The van der Waals surface area contributed by atoms with Crippen molar-refractivity contribution in [3.63, 3.8) is 0 Å². The van der Waals surface area contributed by atoms with Crippen molar-refractivity contribution in [3.8, 4) is 0 Å². The summed E-state index contributed by atoms with van der Waals surface area (Å²) in [5.74, 6) is 1.75. The van der Waals surface area contributed by atoms with Gasteiger partial charge in [-0.05, 0) is 49.4 Å². The second-order valence-electron chi connectivity index (χ2n) is 6.40. The Bertz CT molecular complexity index is 722. The van der Waals surface area contributed by atoms with Crippen LogP contribution in [-0.2, 0) is 13.0 Å². The Morgan fingerprint density at radius 1 is 1.23 bits per heavy atom. The van der Waals surface area contributed by atoms with Gasteiger partial charge in [0.1, 0.15) is 5.82 Å². The number of rotatable bonds is 8. The van der Waals surface area contributed by atoms with Crippen molar-refractivity contribution in [1.82, 2.24) is 15.8 Å². The molecule has 0 aliphatic rings. The zero-order valence-electron chi connectivity index (χ0n) is 16.1. The standard InChI is InChI=1S/C20H29FN4O/c1-5-15(6-2)19-12-18(26-25-19)13-24-20(22-4)23-10-9-16-7-8-17(21)11-14(16)3/h7-8,11-12,15H,5-6,9-10,13H2,1-4H3,(H2,22,23,24). The van der Waals surface area contributed by atoms with Gasteiger partial charge in [-0.15, -0.1) is 0 Å². The van der Waals surface area contributed by atoms with Gasteiger partial charge in [-0.3, -0.25) is 4.99 Å². The van der Waals surface area contributed by atoms with E-state index < -0.39 is 0 Å². The fraction of sp³-hybridized carbons (Fsp3) is 0.500.